The molecule has 3 rings (SSSR count). The van der Waals surface area contributed by atoms with Crippen LogP contribution in [0.15, 0.2) is 47.4 Å². The molecule has 0 aliphatic carbocycles. The molecule has 1 atom stereocenters. The SMILES string of the molecule is Cl.O=C(CN1CC(CS(=O)c2ccc(F)cc2F)C1)c1ccc(F)cc1. The van der Waals surface area contributed by atoms with Crippen LogP contribution in [0, 0.1) is 23.4 Å². The molecule has 0 N–H and O–H groups in total. The minimum absolute atomic E-state index is 0. The van der Waals surface area contributed by atoms with Gasteiger partial charge in [-0.25, -0.2) is 13.2 Å². The molecular formula is C18H17ClF3NO2S. The van der Waals surface area contributed by atoms with E-state index in [9.17, 15) is 22.2 Å². The number of halogens is 4. The zero-order chi connectivity index (χ0) is 18.0. The van der Waals surface area contributed by atoms with Crippen LogP contribution in [-0.2, 0) is 10.8 Å². The molecule has 1 saturated heterocycles. The summed E-state index contributed by atoms with van der Waals surface area (Å²) >= 11 is 0. The summed E-state index contributed by atoms with van der Waals surface area (Å²) in [6.45, 7) is 1.38. The van der Waals surface area contributed by atoms with E-state index in [1.165, 1.54) is 30.3 Å². The van der Waals surface area contributed by atoms with Gasteiger partial charge in [0.15, 0.2) is 5.78 Å². The molecule has 1 unspecified atom stereocenters. The highest BCUT2D eigenvalue weighted by molar-refractivity contribution is 7.85. The standard InChI is InChI=1S/C18H16F3NO2S.ClH/c19-14-3-1-13(2-4-14)17(23)10-22-8-12(9-22)11-25(24)18-6-5-15(20)7-16(18)21;/h1-7,12H,8-11H2;1H. The molecule has 0 amide bonds. The smallest absolute Gasteiger partial charge is 0.176 e. The summed E-state index contributed by atoms with van der Waals surface area (Å²) in [5, 5.41) is 0. The van der Waals surface area contributed by atoms with Crippen LogP contribution in [0.2, 0.25) is 0 Å². The summed E-state index contributed by atoms with van der Waals surface area (Å²) in [6, 6.07) is 8.39. The summed E-state index contributed by atoms with van der Waals surface area (Å²) in [6.07, 6.45) is 0. The third kappa shape index (κ3) is 4.93. The second-order valence-electron chi connectivity index (χ2n) is 6.08. The molecule has 0 saturated carbocycles. The van der Waals surface area contributed by atoms with Crippen molar-refractivity contribution in [3.63, 3.8) is 0 Å². The van der Waals surface area contributed by atoms with Gasteiger partial charge in [-0.1, -0.05) is 0 Å². The van der Waals surface area contributed by atoms with Gasteiger partial charge >= 0.3 is 0 Å². The lowest BCUT2D eigenvalue weighted by Gasteiger charge is -2.38. The largest absolute Gasteiger partial charge is 0.295 e. The quantitative estimate of drug-likeness (QED) is 0.693. The predicted octanol–water partition coefficient (Wildman–Crippen LogP) is 3.45. The number of carbonyl (C=O) groups excluding carboxylic acids is 1. The van der Waals surface area contributed by atoms with E-state index in [2.05, 4.69) is 0 Å². The molecule has 1 aliphatic rings. The van der Waals surface area contributed by atoms with Crippen molar-refractivity contribution in [2.45, 2.75) is 4.90 Å². The Hall–Kier alpha value is -1.70. The minimum atomic E-state index is -1.54. The number of carbonyl (C=O) groups is 1. The van der Waals surface area contributed by atoms with E-state index < -0.39 is 28.3 Å². The van der Waals surface area contributed by atoms with E-state index in [1.54, 1.807) is 0 Å². The van der Waals surface area contributed by atoms with Gasteiger partial charge in [0.05, 0.1) is 22.2 Å². The molecule has 2 aromatic rings. The molecule has 0 radical (unpaired) electrons. The van der Waals surface area contributed by atoms with Gasteiger partial charge in [-0.15, -0.1) is 12.4 Å². The van der Waals surface area contributed by atoms with Crippen molar-refractivity contribution in [2.24, 2.45) is 5.92 Å². The van der Waals surface area contributed by atoms with Crippen molar-refractivity contribution < 1.29 is 22.2 Å². The first kappa shape index (κ1) is 20.6. The fourth-order valence-electron chi connectivity index (χ4n) is 2.81. The maximum absolute atomic E-state index is 13.6. The molecule has 1 aliphatic heterocycles. The van der Waals surface area contributed by atoms with Crippen molar-refractivity contribution in [1.29, 1.82) is 0 Å². The number of rotatable bonds is 6. The first-order chi connectivity index (χ1) is 11.9. The van der Waals surface area contributed by atoms with Crippen LogP contribution in [0.1, 0.15) is 10.4 Å². The number of hydrogen-bond acceptors (Lipinski definition) is 3. The second-order valence-corrected chi connectivity index (χ2v) is 7.54. The molecule has 1 fully saturated rings. The minimum Gasteiger partial charge on any atom is -0.295 e. The molecule has 0 spiro atoms. The number of ketones is 1. The highest BCUT2D eigenvalue weighted by Gasteiger charge is 2.30. The van der Waals surface area contributed by atoms with E-state index in [4.69, 9.17) is 0 Å². The molecule has 26 heavy (non-hydrogen) atoms. The van der Waals surface area contributed by atoms with Gasteiger partial charge in [0, 0.05) is 30.5 Å². The van der Waals surface area contributed by atoms with Crippen LogP contribution in [0.5, 0.6) is 0 Å². The van der Waals surface area contributed by atoms with Gasteiger partial charge in [-0.3, -0.25) is 13.9 Å². The summed E-state index contributed by atoms with van der Waals surface area (Å²) in [4.78, 5) is 14.0. The van der Waals surface area contributed by atoms with E-state index in [-0.39, 0.29) is 41.3 Å². The Morgan fingerprint density at radius 3 is 2.27 bits per heavy atom. The van der Waals surface area contributed by atoms with Crippen molar-refractivity contribution >= 4 is 29.0 Å². The summed E-state index contributed by atoms with van der Waals surface area (Å²) in [7, 11) is -1.54. The van der Waals surface area contributed by atoms with E-state index in [0.29, 0.717) is 18.7 Å². The number of hydrogen-bond donors (Lipinski definition) is 0. The third-order valence-electron chi connectivity index (χ3n) is 4.09. The lowest BCUT2D eigenvalue weighted by molar-refractivity contribution is 0.0772. The fourth-order valence-corrected chi connectivity index (χ4v) is 4.12. The van der Waals surface area contributed by atoms with Crippen molar-refractivity contribution in [2.75, 3.05) is 25.4 Å². The van der Waals surface area contributed by atoms with Crippen LogP contribution < -0.4 is 0 Å². The van der Waals surface area contributed by atoms with E-state index >= 15 is 0 Å². The average molecular weight is 404 g/mol. The fraction of sp³-hybridized carbons (Fsp3) is 0.278. The topological polar surface area (TPSA) is 37.4 Å². The van der Waals surface area contributed by atoms with E-state index in [0.717, 1.165) is 12.1 Å². The van der Waals surface area contributed by atoms with Gasteiger partial charge in [0.25, 0.3) is 0 Å². The monoisotopic (exact) mass is 403 g/mol. The molecule has 140 valence electrons. The molecule has 2 aromatic carbocycles. The number of Topliss-reactive ketones (excluding diaryl/α,β-unsaturated/α-hetero) is 1. The molecule has 1 heterocycles. The van der Waals surface area contributed by atoms with Crippen molar-refractivity contribution in [3.05, 3.63) is 65.5 Å². The Balaban J connectivity index is 0.00000243. The normalized spacial score (nSPS) is 15.8. The maximum Gasteiger partial charge on any atom is 0.176 e. The van der Waals surface area contributed by atoms with Crippen molar-refractivity contribution in [3.8, 4) is 0 Å². The number of likely N-dealkylation sites (tertiary alicyclic amines) is 1. The summed E-state index contributed by atoms with van der Waals surface area (Å²) in [5.41, 5.74) is 0.446. The Morgan fingerprint density at radius 1 is 1.04 bits per heavy atom. The Morgan fingerprint density at radius 2 is 1.65 bits per heavy atom. The third-order valence-corrected chi connectivity index (χ3v) is 5.69. The van der Waals surface area contributed by atoms with Gasteiger partial charge in [0.1, 0.15) is 17.5 Å². The van der Waals surface area contributed by atoms with Gasteiger partial charge < -0.3 is 0 Å². The predicted molar refractivity (Wildman–Crippen MR) is 95.5 cm³/mol. The van der Waals surface area contributed by atoms with Crippen LogP contribution in [0.3, 0.4) is 0 Å². The average Bonchev–Trinajstić information content (AvgIpc) is 2.53. The number of benzene rings is 2. The molecule has 3 nitrogen and oxygen atoms in total. The second kappa shape index (κ2) is 8.79. The van der Waals surface area contributed by atoms with Gasteiger partial charge in [0.2, 0.25) is 0 Å². The Labute approximate surface area is 158 Å². The van der Waals surface area contributed by atoms with Gasteiger partial charge in [-0.05, 0) is 42.3 Å². The van der Waals surface area contributed by atoms with Crippen LogP contribution in [0.25, 0.3) is 0 Å². The summed E-state index contributed by atoms with van der Waals surface area (Å²) < 4.78 is 51.6. The highest BCUT2D eigenvalue weighted by Crippen LogP contribution is 2.21. The van der Waals surface area contributed by atoms with Crippen LogP contribution >= 0.6 is 12.4 Å². The summed E-state index contributed by atoms with van der Waals surface area (Å²) in [5.74, 6) is -1.65. The first-order valence-electron chi connectivity index (χ1n) is 7.77. The molecule has 8 heteroatoms. The molecule has 0 bridgehead atoms. The lowest BCUT2D eigenvalue weighted by Crippen LogP contribution is -2.50. The molecule has 0 aromatic heterocycles. The zero-order valence-electron chi connectivity index (χ0n) is 13.7. The van der Waals surface area contributed by atoms with Gasteiger partial charge in [-0.2, -0.15) is 0 Å². The Kier molecular flexibility index (Phi) is 6.97. The van der Waals surface area contributed by atoms with E-state index in [1.807, 2.05) is 4.90 Å². The first-order valence-corrected chi connectivity index (χ1v) is 9.09. The van der Waals surface area contributed by atoms with Crippen molar-refractivity contribution in [1.82, 2.24) is 4.90 Å². The Bertz CT molecular complexity index is 811. The maximum atomic E-state index is 13.6. The zero-order valence-corrected chi connectivity index (χ0v) is 15.3. The van der Waals surface area contributed by atoms with Crippen LogP contribution in [0.4, 0.5) is 13.2 Å². The van der Waals surface area contributed by atoms with Crippen LogP contribution in [-0.4, -0.2) is 40.3 Å². The lowest BCUT2D eigenvalue weighted by atomic mass is 10.0. The molecular weight excluding hydrogens is 387 g/mol. The highest BCUT2D eigenvalue weighted by atomic mass is 35.5. The number of nitrogens with zero attached hydrogens (tertiary/aromatic N) is 1.